The van der Waals surface area contributed by atoms with Crippen molar-refractivity contribution in [3.8, 4) is 0 Å². The number of benzene rings is 3. The molecule has 0 bridgehead atoms. The molecule has 0 N–H and O–H groups in total. The molecule has 0 aliphatic rings. The summed E-state index contributed by atoms with van der Waals surface area (Å²) in [6, 6.07) is 23.5. The van der Waals surface area contributed by atoms with Crippen LogP contribution in [0.5, 0.6) is 0 Å². The first-order valence-corrected chi connectivity index (χ1v) is 7.12. The van der Waals surface area contributed by atoms with Gasteiger partial charge in [0.15, 0.2) is 0 Å². The molecule has 0 atom stereocenters. The van der Waals surface area contributed by atoms with Crippen LogP contribution in [-0.2, 0) is 0 Å². The standard InChI is InChI=1S/C20H12O/c1-2-6-16-15(4-1)12-18-17(16)10-9-13-7-8-14-5-3-11-21-20(14)19(13)18/h1-12H. The van der Waals surface area contributed by atoms with Crippen LogP contribution in [-0.4, -0.2) is 0 Å². The van der Waals surface area contributed by atoms with E-state index in [9.17, 15) is 0 Å². The summed E-state index contributed by atoms with van der Waals surface area (Å²) < 4.78 is 5.83. The third-order valence-electron chi connectivity index (χ3n) is 4.30. The van der Waals surface area contributed by atoms with Crippen molar-refractivity contribution in [1.29, 1.82) is 0 Å². The molecule has 0 unspecified atom stereocenters. The van der Waals surface area contributed by atoms with E-state index < -0.39 is 0 Å². The molecule has 0 aliphatic heterocycles. The lowest BCUT2D eigenvalue weighted by Crippen LogP contribution is -1.78. The Kier molecular flexibility index (Phi) is 2.01. The quantitative estimate of drug-likeness (QED) is 0.319. The van der Waals surface area contributed by atoms with E-state index in [1.54, 1.807) is 6.26 Å². The van der Waals surface area contributed by atoms with Crippen molar-refractivity contribution in [3.05, 3.63) is 73.0 Å². The Balaban J connectivity index is 2.14. The average molecular weight is 268 g/mol. The summed E-state index contributed by atoms with van der Waals surface area (Å²) in [5.41, 5.74) is 0.968. The Morgan fingerprint density at radius 1 is 0.571 bits per heavy atom. The van der Waals surface area contributed by atoms with E-state index in [1.165, 1.54) is 32.3 Å². The minimum absolute atomic E-state index is 0.968. The van der Waals surface area contributed by atoms with Crippen molar-refractivity contribution < 1.29 is 4.42 Å². The predicted molar refractivity (Wildman–Crippen MR) is 88.7 cm³/mol. The molecule has 5 rings (SSSR count). The van der Waals surface area contributed by atoms with Gasteiger partial charge < -0.3 is 4.42 Å². The van der Waals surface area contributed by atoms with Gasteiger partial charge in [0.2, 0.25) is 0 Å². The smallest absolute Gasteiger partial charge is 0.142 e. The van der Waals surface area contributed by atoms with Crippen LogP contribution in [0.1, 0.15) is 0 Å². The van der Waals surface area contributed by atoms with Gasteiger partial charge in [0, 0.05) is 10.8 Å². The Morgan fingerprint density at radius 3 is 2.38 bits per heavy atom. The molecule has 1 heteroatoms. The summed E-state index contributed by atoms with van der Waals surface area (Å²) >= 11 is 0. The highest BCUT2D eigenvalue weighted by molar-refractivity contribution is 6.25. The minimum atomic E-state index is 0.968. The van der Waals surface area contributed by atoms with Gasteiger partial charge >= 0.3 is 0 Å². The maximum absolute atomic E-state index is 5.83. The maximum Gasteiger partial charge on any atom is 0.142 e. The SMILES string of the molecule is c1ccc2c(c1)cc1c2ccc2ccc3cccoc3c21. The molecule has 1 heterocycles. The molecular weight excluding hydrogens is 256 g/mol. The Hall–Kier alpha value is -2.80. The first-order chi connectivity index (χ1) is 10.4. The van der Waals surface area contributed by atoms with Crippen molar-refractivity contribution >= 4 is 43.3 Å². The van der Waals surface area contributed by atoms with E-state index in [2.05, 4.69) is 60.7 Å². The minimum Gasteiger partial charge on any atom is -0.464 e. The summed E-state index contributed by atoms with van der Waals surface area (Å²) in [7, 11) is 0. The highest BCUT2D eigenvalue weighted by Crippen LogP contribution is 2.37. The van der Waals surface area contributed by atoms with Gasteiger partial charge in [-0.15, -0.1) is 0 Å². The predicted octanol–water partition coefficient (Wildman–Crippen LogP) is 5.89. The van der Waals surface area contributed by atoms with Crippen molar-refractivity contribution in [2.45, 2.75) is 0 Å². The number of hydrogen-bond acceptors (Lipinski definition) is 1. The zero-order chi connectivity index (χ0) is 13.8. The largest absolute Gasteiger partial charge is 0.464 e. The zero-order valence-corrected chi connectivity index (χ0v) is 11.3. The van der Waals surface area contributed by atoms with Gasteiger partial charge in [-0.1, -0.05) is 48.5 Å². The topological polar surface area (TPSA) is 13.1 Å². The van der Waals surface area contributed by atoms with Crippen LogP contribution < -0.4 is 0 Å². The van der Waals surface area contributed by atoms with Crippen LogP contribution in [0.25, 0.3) is 43.3 Å². The van der Waals surface area contributed by atoms with E-state index in [0.717, 1.165) is 11.0 Å². The van der Waals surface area contributed by atoms with Gasteiger partial charge in [0.05, 0.1) is 6.26 Å². The first kappa shape index (κ1) is 10.9. The van der Waals surface area contributed by atoms with Crippen molar-refractivity contribution in [2.75, 3.05) is 0 Å². The second-order valence-corrected chi connectivity index (χ2v) is 5.45. The summed E-state index contributed by atoms with van der Waals surface area (Å²) in [4.78, 5) is 0. The summed E-state index contributed by atoms with van der Waals surface area (Å²) in [5.74, 6) is 0. The number of hydrogen-bond donors (Lipinski definition) is 0. The van der Waals surface area contributed by atoms with E-state index in [0.29, 0.717) is 0 Å². The van der Waals surface area contributed by atoms with Crippen LogP contribution in [0, 0.1) is 0 Å². The van der Waals surface area contributed by atoms with Crippen LogP contribution in [0.4, 0.5) is 0 Å². The maximum atomic E-state index is 5.83. The van der Waals surface area contributed by atoms with Crippen LogP contribution in [0.15, 0.2) is 77.4 Å². The molecule has 0 amide bonds. The highest BCUT2D eigenvalue weighted by atomic mass is 16.3. The second kappa shape index (κ2) is 3.86. The molecule has 0 spiro atoms. The van der Waals surface area contributed by atoms with Gasteiger partial charge in [-0.3, -0.25) is 0 Å². The van der Waals surface area contributed by atoms with Crippen LogP contribution in [0.3, 0.4) is 0 Å². The van der Waals surface area contributed by atoms with Crippen molar-refractivity contribution in [1.82, 2.24) is 0 Å². The molecule has 0 radical (unpaired) electrons. The molecular formula is C20H12O. The molecule has 21 heavy (non-hydrogen) atoms. The third-order valence-corrected chi connectivity index (χ3v) is 4.30. The molecule has 0 saturated carbocycles. The molecule has 0 aliphatic carbocycles. The number of rotatable bonds is 0. The van der Waals surface area contributed by atoms with Gasteiger partial charge in [0.25, 0.3) is 0 Å². The summed E-state index contributed by atoms with van der Waals surface area (Å²) in [6.07, 6.45) is 1.75. The molecule has 98 valence electrons. The first-order valence-electron chi connectivity index (χ1n) is 7.12. The lowest BCUT2D eigenvalue weighted by atomic mass is 10.0. The van der Waals surface area contributed by atoms with E-state index in [1.807, 2.05) is 6.07 Å². The molecule has 1 nitrogen and oxygen atoms in total. The van der Waals surface area contributed by atoms with Gasteiger partial charge in [-0.2, -0.15) is 0 Å². The summed E-state index contributed by atoms with van der Waals surface area (Å²) in [5, 5.41) is 8.74. The normalized spacial score (nSPS) is 11.8. The Bertz CT molecular complexity index is 1130. The molecule has 1 aromatic heterocycles. The Morgan fingerprint density at radius 2 is 1.38 bits per heavy atom. The van der Waals surface area contributed by atoms with E-state index in [4.69, 9.17) is 4.42 Å². The molecule has 0 fully saturated rings. The number of fused-ring (bicyclic) bond motifs is 7. The highest BCUT2D eigenvalue weighted by Gasteiger charge is 2.10. The van der Waals surface area contributed by atoms with Crippen molar-refractivity contribution in [2.24, 2.45) is 0 Å². The lowest BCUT2D eigenvalue weighted by Gasteiger charge is -2.04. The second-order valence-electron chi connectivity index (χ2n) is 5.45. The molecule has 5 aromatic rings. The van der Waals surface area contributed by atoms with E-state index in [-0.39, 0.29) is 0 Å². The van der Waals surface area contributed by atoms with Gasteiger partial charge in [0.1, 0.15) is 5.58 Å². The van der Waals surface area contributed by atoms with Crippen LogP contribution >= 0.6 is 0 Å². The fourth-order valence-electron chi connectivity index (χ4n) is 3.35. The molecule has 0 saturated heterocycles. The monoisotopic (exact) mass is 268 g/mol. The Labute approximate surface area is 121 Å². The van der Waals surface area contributed by atoms with E-state index >= 15 is 0 Å². The molecule has 4 aromatic carbocycles. The fourth-order valence-corrected chi connectivity index (χ4v) is 3.35. The third kappa shape index (κ3) is 1.40. The summed E-state index contributed by atoms with van der Waals surface area (Å²) in [6.45, 7) is 0. The zero-order valence-electron chi connectivity index (χ0n) is 11.3. The average Bonchev–Trinajstić information content (AvgIpc) is 2.93. The van der Waals surface area contributed by atoms with Crippen molar-refractivity contribution in [3.63, 3.8) is 0 Å². The van der Waals surface area contributed by atoms with Gasteiger partial charge in [-0.25, -0.2) is 0 Å². The van der Waals surface area contributed by atoms with Crippen LogP contribution in [0.2, 0.25) is 0 Å². The fraction of sp³-hybridized carbons (Fsp3) is 0. The lowest BCUT2D eigenvalue weighted by molar-refractivity contribution is 0.607. The van der Waals surface area contributed by atoms with Gasteiger partial charge in [-0.05, 0) is 45.1 Å².